The summed E-state index contributed by atoms with van der Waals surface area (Å²) in [6, 6.07) is 7.98. The molecule has 1 aliphatic rings. The standard InChI is InChI=1S/C15H20N4O2S/c1-17(2)15-14-7-5-4-6-13(14)12(10-16-15)11-19-9-8-18(3)22(19,20)21/h4-7,10H,8-9,11H2,1-3H3. The molecule has 0 N–H and O–H groups in total. The average Bonchev–Trinajstić information content (AvgIpc) is 2.74. The first-order valence-electron chi connectivity index (χ1n) is 7.16. The van der Waals surface area contributed by atoms with Crippen LogP contribution in [0.3, 0.4) is 0 Å². The summed E-state index contributed by atoms with van der Waals surface area (Å²) in [6.07, 6.45) is 1.78. The van der Waals surface area contributed by atoms with E-state index in [1.807, 2.05) is 43.3 Å². The van der Waals surface area contributed by atoms with Crippen molar-refractivity contribution in [3.63, 3.8) is 0 Å². The fraction of sp³-hybridized carbons (Fsp3) is 0.400. The van der Waals surface area contributed by atoms with Crippen molar-refractivity contribution in [3.05, 3.63) is 36.0 Å². The Kier molecular flexibility index (Phi) is 3.80. The van der Waals surface area contributed by atoms with Crippen molar-refractivity contribution in [2.24, 2.45) is 0 Å². The first kappa shape index (κ1) is 15.2. The fourth-order valence-electron chi connectivity index (χ4n) is 2.75. The second-order valence-electron chi connectivity index (χ2n) is 5.71. The highest BCUT2D eigenvalue weighted by molar-refractivity contribution is 7.86. The van der Waals surface area contributed by atoms with Crippen molar-refractivity contribution in [3.8, 4) is 0 Å². The molecule has 7 heteroatoms. The van der Waals surface area contributed by atoms with Gasteiger partial charge in [-0.1, -0.05) is 24.3 Å². The molecule has 118 valence electrons. The maximum absolute atomic E-state index is 12.2. The van der Waals surface area contributed by atoms with Gasteiger partial charge in [0.25, 0.3) is 10.2 Å². The number of hydrogen-bond donors (Lipinski definition) is 0. The zero-order valence-electron chi connectivity index (χ0n) is 13.0. The Hall–Kier alpha value is -1.70. The van der Waals surface area contributed by atoms with Crippen LogP contribution >= 0.6 is 0 Å². The van der Waals surface area contributed by atoms with Gasteiger partial charge >= 0.3 is 0 Å². The molecule has 0 unspecified atom stereocenters. The topological polar surface area (TPSA) is 56.8 Å². The number of fused-ring (bicyclic) bond motifs is 1. The number of hydrogen-bond acceptors (Lipinski definition) is 4. The largest absolute Gasteiger partial charge is 0.362 e. The third kappa shape index (κ3) is 2.45. The predicted molar refractivity (Wildman–Crippen MR) is 88.0 cm³/mol. The molecule has 0 atom stereocenters. The fourth-order valence-corrected chi connectivity index (χ4v) is 4.07. The monoisotopic (exact) mass is 320 g/mol. The van der Waals surface area contributed by atoms with Crippen molar-refractivity contribution in [1.82, 2.24) is 13.6 Å². The number of aromatic nitrogens is 1. The lowest BCUT2D eigenvalue weighted by Gasteiger charge is -2.19. The molecule has 0 spiro atoms. The molecular weight excluding hydrogens is 300 g/mol. The molecule has 0 amide bonds. The lowest BCUT2D eigenvalue weighted by molar-refractivity contribution is 0.445. The molecule has 1 fully saturated rings. The molecule has 3 rings (SSSR count). The number of rotatable bonds is 3. The van der Waals surface area contributed by atoms with Crippen LogP contribution in [0.5, 0.6) is 0 Å². The molecule has 0 bridgehead atoms. The minimum absolute atomic E-state index is 0.355. The summed E-state index contributed by atoms with van der Waals surface area (Å²) in [7, 11) is 2.19. The van der Waals surface area contributed by atoms with Crippen LogP contribution in [0.25, 0.3) is 10.8 Å². The smallest absolute Gasteiger partial charge is 0.282 e. The molecule has 1 aromatic carbocycles. The lowest BCUT2D eigenvalue weighted by atomic mass is 10.1. The molecule has 6 nitrogen and oxygen atoms in total. The minimum Gasteiger partial charge on any atom is -0.362 e. The Labute approximate surface area is 131 Å². The summed E-state index contributed by atoms with van der Waals surface area (Å²) in [5.41, 5.74) is 0.931. The maximum Gasteiger partial charge on any atom is 0.282 e. The van der Waals surface area contributed by atoms with Gasteiger partial charge in [0.1, 0.15) is 5.82 Å². The second kappa shape index (κ2) is 5.49. The van der Waals surface area contributed by atoms with E-state index in [2.05, 4.69) is 4.98 Å². The predicted octanol–water partition coefficient (Wildman–Crippen LogP) is 1.29. The quantitative estimate of drug-likeness (QED) is 0.855. The molecule has 2 aromatic rings. The zero-order valence-corrected chi connectivity index (χ0v) is 13.8. The SMILES string of the molecule is CN(C)c1ncc(CN2CCN(C)S2(=O)=O)c2ccccc12. The van der Waals surface area contributed by atoms with Crippen LogP contribution in [0.2, 0.25) is 0 Å². The molecule has 1 saturated heterocycles. The Morgan fingerprint density at radius 1 is 1.18 bits per heavy atom. The Morgan fingerprint density at radius 2 is 1.86 bits per heavy atom. The van der Waals surface area contributed by atoms with E-state index in [1.165, 1.54) is 8.61 Å². The first-order chi connectivity index (χ1) is 10.4. The number of pyridine rings is 1. The van der Waals surface area contributed by atoms with Gasteiger partial charge in [0, 0.05) is 52.4 Å². The Morgan fingerprint density at radius 3 is 2.45 bits per heavy atom. The molecule has 0 aliphatic carbocycles. The normalized spacial score (nSPS) is 18.9. The van der Waals surface area contributed by atoms with Gasteiger partial charge < -0.3 is 4.90 Å². The van der Waals surface area contributed by atoms with E-state index < -0.39 is 10.2 Å². The summed E-state index contributed by atoms with van der Waals surface area (Å²) in [6.45, 7) is 1.40. The van der Waals surface area contributed by atoms with Gasteiger partial charge in [-0.2, -0.15) is 17.0 Å². The molecule has 22 heavy (non-hydrogen) atoms. The van der Waals surface area contributed by atoms with E-state index in [-0.39, 0.29) is 0 Å². The summed E-state index contributed by atoms with van der Waals surface area (Å²) in [4.78, 5) is 6.47. The van der Waals surface area contributed by atoms with Crippen molar-refractivity contribution >= 4 is 26.8 Å². The summed E-state index contributed by atoms with van der Waals surface area (Å²) in [5.74, 6) is 0.890. The van der Waals surface area contributed by atoms with Gasteiger partial charge in [-0.3, -0.25) is 0 Å². The number of likely N-dealkylation sites (N-methyl/N-ethyl adjacent to an activating group) is 1. The van der Waals surface area contributed by atoms with Crippen LogP contribution in [0.4, 0.5) is 5.82 Å². The van der Waals surface area contributed by atoms with Gasteiger partial charge in [0.2, 0.25) is 0 Å². The molecule has 1 aromatic heterocycles. The van der Waals surface area contributed by atoms with Gasteiger partial charge in [-0.15, -0.1) is 0 Å². The van der Waals surface area contributed by atoms with Crippen LogP contribution in [-0.2, 0) is 16.8 Å². The van der Waals surface area contributed by atoms with Crippen LogP contribution < -0.4 is 4.90 Å². The third-order valence-corrected chi connectivity index (χ3v) is 5.95. The average molecular weight is 320 g/mol. The number of anilines is 1. The van der Waals surface area contributed by atoms with E-state index in [4.69, 9.17) is 0 Å². The van der Waals surface area contributed by atoms with Crippen LogP contribution in [0, 0.1) is 0 Å². The summed E-state index contributed by atoms with van der Waals surface area (Å²) < 4.78 is 27.4. The van der Waals surface area contributed by atoms with Crippen molar-refractivity contribution in [2.45, 2.75) is 6.54 Å². The molecular formula is C15H20N4O2S. The van der Waals surface area contributed by atoms with E-state index in [1.54, 1.807) is 13.2 Å². The van der Waals surface area contributed by atoms with E-state index >= 15 is 0 Å². The van der Waals surface area contributed by atoms with Crippen molar-refractivity contribution < 1.29 is 8.42 Å². The number of benzene rings is 1. The lowest BCUT2D eigenvalue weighted by Crippen LogP contribution is -2.30. The van der Waals surface area contributed by atoms with Gasteiger partial charge in [0.15, 0.2) is 0 Å². The highest BCUT2D eigenvalue weighted by Gasteiger charge is 2.33. The van der Waals surface area contributed by atoms with Gasteiger partial charge in [-0.25, -0.2) is 4.98 Å². The molecule has 1 aliphatic heterocycles. The molecule has 0 saturated carbocycles. The zero-order chi connectivity index (χ0) is 15.9. The van der Waals surface area contributed by atoms with E-state index in [0.29, 0.717) is 19.6 Å². The molecule has 2 heterocycles. The van der Waals surface area contributed by atoms with Crippen molar-refractivity contribution in [1.29, 1.82) is 0 Å². The molecule has 0 radical (unpaired) electrons. The van der Waals surface area contributed by atoms with Gasteiger partial charge in [0.05, 0.1) is 0 Å². The highest BCUT2D eigenvalue weighted by atomic mass is 32.2. The van der Waals surface area contributed by atoms with Crippen LogP contribution in [-0.4, -0.2) is 56.2 Å². The Bertz CT molecular complexity index is 804. The van der Waals surface area contributed by atoms with Crippen LogP contribution in [0.1, 0.15) is 5.56 Å². The number of nitrogens with zero attached hydrogens (tertiary/aromatic N) is 4. The summed E-state index contributed by atoms with van der Waals surface area (Å²) in [5, 5.41) is 2.08. The highest BCUT2D eigenvalue weighted by Crippen LogP contribution is 2.28. The second-order valence-corrected chi connectivity index (χ2v) is 7.75. The van der Waals surface area contributed by atoms with E-state index in [0.717, 1.165) is 22.2 Å². The van der Waals surface area contributed by atoms with Gasteiger partial charge in [-0.05, 0) is 10.9 Å². The minimum atomic E-state index is -3.33. The summed E-state index contributed by atoms with van der Waals surface area (Å²) >= 11 is 0. The van der Waals surface area contributed by atoms with Crippen molar-refractivity contribution in [2.75, 3.05) is 39.1 Å². The third-order valence-electron chi connectivity index (χ3n) is 4.01. The van der Waals surface area contributed by atoms with Crippen LogP contribution in [0.15, 0.2) is 30.5 Å². The Balaban J connectivity index is 2.04. The van der Waals surface area contributed by atoms with E-state index in [9.17, 15) is 8.42 Å². The first-order valence-corrected chi connectivity index (χ1v) is 8.56. The maximum atomic E-state index is 12.2.